The lowest BCUT2D eigenvalue weighted by Gasteiger charge is -2.24. The molecule has 4 rings (SSSR count). The normalized spacial score (nSPS) is 17.7. The summed E-state index contributed by atoms with van der Waals surface area (Å²) in [5.41, 5.74) is 5.15. The number of carbonyl (C=O) groups excluding carboxylic acids is 1. The Bertz CT molecular complexity index is 1170. The van der Waals surface area contributed by atoms with Crippen molar-refractivity contribution >= 4 is 40.6 Å². The second-order valence-corrected chi connectivity index (χ2v) is 7.95. The summed E-state index contributed by atoms with van der Waals surface area (Å²) in [6.45, 7) is 0. The number of nitrogen functional groups attached to an aromatic ring is 1. The number of anilines is 1. The minimum absolute atomic E-state index is 0.191. The summed E-state index contributed by atoms with van der Waals surface area (Å²) in [5, 5.41) is 25.8. The van der Waals surface area contributed by atoms with Crippen LogP contribution in [0, 0.1) is 10.1 Å². The van der Waals surface area contributed by atoms with Crippen molar-refractivity contribution in [3.8, 4) is 0 Å². The number of nitro groups is 1. The lowest BCUT2D eigenvalue weighted by atomic mass is 9.94. The molecule has 0 saturated heterocycles. The van der Waals surface area contributed by atoms with Crippen LogP contribution in [0.5, 0.6) is 0 Å². The SMILES string of the molecule is Nc1cc(Cl)ccc1Sc1ccc(C2(O)NC(=O)c3ccccc32)cc1[N+](=O)[O-]. The van der Waals surface area contributed by atoms with Gasteiger partial charge in [0.1, 0.15) is 0 Å². The molecule has 0 aliphatic carbocycles. The lowest BCUT2D eigenvalue weighted by Crippen LogP contribution is -2.40. The number of nitrogens with zero attached hydrogens (tertiary/aromatic N) is 1. The molecule has 7 nitrogen and oxygen atoms in total. The first-order valence-electron chi connectivity index (χ1n) is 8.46. The molecule has 0 bridgehead atoms. The molecule has 1 aliphatic rings. The van der Waals surface area contributed by atoms with Crippen molar-refractivity contribution in [3.63, 3.8) is 0 Å². The van der Waals surface area contributed by atoms with Gasteiger partial charge in [-0.2, -0.15) is 0 Å². The molecule has 3 aromatic rings. The van der Waals surface area contributed by atoms with E-state index in [2.05, 4.69) is 5.32 Å². The molecule has 0 radical (unpaired) electrons. The summed E-state index contributed by atoms with van der Waals surface area (Å²) in [6.07, 6.45) is 0. The van der Waals surface area contributed by atoms with Gasteiger partial charge < -0.3 is 16.2 Å². The highest BCUT2D eigenvalue weighted by Crippen LogP contribution is 2.42. The third-order valence-electron chi connectivity index (χ3n) is 4.62. The molecular weight excluding hydrogens is 414 g/mol. The number of carbonyl (C=O) groups is 1. The summed E-state index contributed by atoms with van der Waals surface area (Å²) in [7, 11) is 0. The maximum absolute atomic E-state index is 12.2. The third-order valence-corrected chi connectivity index (χ3v) is 6.01. The molecule has 1 unspecified atom stereocenters. The van der Waals surface area contributed by atoms with Gasteiger partial charge in [-0.1, -0.05) is 47.6 Å². The largest absolute Gasteiger partial charge is 0.398 e. The molecule has 1 aliphatic heterocycles. The van der Waals surface area contributed by atoms with E-state index in [1.165, 1.54) is 12.1 Å². The Morgan fingerprint density at radius 2 is 1.83 bits per heavy atom. The molecule has 0 saturated carbocycles. The standard InChI is InChI=1S/C20H14ClN3O4S/c21-12-6-8-17(15(22)10-12)29-18-7-5-11(9-16(18)24(27)28)20(26)14-4-2-1-3-13(14)19(25)23-20/h1-10,26H,22H2,(H,23,25). The van der Waals surface area contributed by atoms with Gasteiger partial charge in [-0.15, -0.1) is 0 Å². The van der Waals surface area contributed by atoms with Crippen LogP contribution in [0.15, 0.2) is 70.5 Å². The number of hydrogen-bond acceptors (Lipinski definition) is 6. The van der Waals surface area contributed by atoms with Gasteiger partial charge in [-0.05, 0) is 30.3 Å². The highest BCUT2D eigenvalue weighted by molar-refractivity contribution is 7.99. The van der Waals surface area contributed by atoms with E-state index in [1.54, 1.807) is 48.5 Å². The van der Waals surface area contributed by atoms with Crippen LogP contribution in [-0.2, 0) is 5.72 Å². The number of fused-ring (bicyclic) bond motifs is 1. The van der Waals surface area contributed by atoms with Gasteiger partial charge in [-0.3, -0.25) is 14.9 Å². The topological polar surface area (TPSA) is 118 Å². The molecule has 0 aromatic heterocycles. The van der Waals surface area contributed by atoms with E-state index < -0.39 is 16.6 Å². The van der Waals surface area contributed by atoms with Gasteiger partial charge in [0, 0.05) is 38.4 Å². The van der Waals surface area contributed by atoms with E-state index in [-0.39, 0.29) is 11.3 Å². The maximum Gasteiger partial charge on any atom is 0.283 e. The average Bonchev–Trinajstić information content (AvgIpc) is 2.96. The number of rotatable bonds is 4. The second kappa shape index (κ2) is 7.07. The van der Waals surface area contributed by atoms with Crippen LogP contribution in [0.4, 0.5) is 11.4 Å². The average molecular weight is 428 g/mol. The van der Waals surface area contributed by atoms with Gasteiger partial charge in [0.15, 0.2) is 5.72 Å². The van der Waals surface area contributed by atoms with Crippen LogP contribution < -0.4 is 11.1 Å². The summed E-state index contributed by atoms with van der Waals surface area (Å²) in [5.74, 6) is -0.446. The third kappa shape index (κ3) is 3.31. The van der Waals surface area contributed by atoms with E-state index in [9.17, 15) is 20.0 Å². The minimum atomic E-state index is -1.85. The summed E-state index contributed by atoms with van der Waals surface area (Å²) in [4.78, 5) is 24.3. The second-order valence-electron chi connectivity index (χ2n) is 6.43. The molecule has 3 aromatic carbocycles. The number of nitrogens with one attached hydrogen (secondary N) is 1. The van der Waals surface area contributed by atoms with E-state index in [1.807, 2.05) is 0 Å². The van der Waals surface area contributed by atoms with Crippen molar-refractivity contribution in [2.75, 3.05) is 5.73 Å². The molecule has 1 heterocycles. The monoisotopic (exact) mass is 427 g/mol. The van der Waals surface area contributed by atoms with Crippen LogP contribution in [-0.4, -0.2) is 15.9 Å². The van der Waals surface area contributed by atoms with Crippen molar-refractivity contribution in [2.45, 2.75) is 15.5 Å². The van der Waals surface area contributed by atoms with Gasteiger partial charge in [0.05, 0.1) is 9.82 Å². The van der Waals surface area contributed by atoms with Crippen molar-refractivity contribution in [2.24, 2.45) is 0 Å². The van der Waals surface area contributed by atoms with Crippen molar-refractivity contribution < 1.29 is 14.8 Å². The Labute approximate surface area is 174 Å². The van der Waals surface area contributed by atoms with Crippen molar-refractivity contribution in [1.29, 1.82) is 0 Å². The Kier molecular flexibility index (Phi) is 4.70. The van der Waals surface area contributed by atoms with Crippen LogP contribution >= 0.6 is 23.4 Å². The van der Waals surface area contributed by atoms with Crippen LogP contribution in [0.1, 0.15) is 21.5 Å². The number of nitro benzene ring substituents is 1. The molecule has 146 valence electrons. The first-order valence-corrected chi connectivity index (χ1v) is 9.65. The Hall–Kier alpha value is -3.07. The van der Waals surface area contributed by atoms with E-state index in [0.717, 1.165) is 11.8 Å². The van der Waals surface area contributed by atoms with Gasteiger partial charge in [0.2, 0.25) is 0 Å². The Morgan fingerprint density at radius 1 is 1.10 bits per heavy atom. The summed E-state index contributed by atoms with van der Waals surface area (Å²) >= 11 is 7.02. The zero-order chi connectivity index (χ0) is 20.8. The van der Waals surface area contributed by atoms with E-state index in [4.69, 9.17) is 17.3 Å². The van der Waals surface area contributed by atoms with Crippen LogP contribution in [0.25, 0.3) is 0 Å². The molecule has 0 fully saturated rings. The number of halogens is 1. The first-order chi connectivity index (χ1) is 13.8. The molecular formula is C20H14ClN3O4S. The smallest absolute Gasteiger partial charge is 0.283 e. The zero-order valence-corrected chi connectivity index (χ0v) is 16.3. The van der Waals surface area contributed by atoms with Crippen molar-refractivity contribution in [1.82, 2.24) is 5.32 Å². The van der Waals surface area contributed by atoms with Gasteiger partial charge in [0.25, 0.3) is 11.6 Å². The summed E-state index contributed by atoms with van der Waals surface area (Å²) in [6, 6.07) is 15.8. The molecule has 1 atom stereocenters. The van der Waals surface area contributed by atoms with E-state index >= 15 is 0 Å². The number of amides is 1. The van der Waals surface area contributed by atoms with Crippen LogP contribution in [0.3, 0.4) is 0 Å². The predicted octanol–water partition coefficient (Wildman–Crippen LogP) is 3.92. The molecule has 4 N–H and O–H groups in total. The molecule has 9 heteroatoms. The van der Waals surface area contributed by atoms with Crippen LogP contribution in [0.2, 0.25) is 5.02 Å². The number of nitrogens with two attached hydrogens (primary N) is 1. The van der Waals surface area contributed by atoms with Gasteiger partial charge >= 0.3 is 0 Å². The molecule has 1 amide bonds. The Balaban J connectivity index is 1.78. The fourth-order valence-corrected chi connectivity index (χ4v) is 4.33. The van der Waals surface area contributed by atoms with Gasteiger partial charge in [-0.25, -0.2) is 0 Å². The quantitative estimate of drug-likeness (QED) is 0.330. The minimum Gasteiger partial charge on any atom is -0.398 e. The fourth-order valence-electron chi connectivity index (χ4n) is 3.23. The highest BCUT2D eigenvalue weighted by Gasteiger charge is 2.43. The summed E-state index contributed by atoms with van der Waals surface area (Å²) < 4.78 is 0. The molecule has 29 heavy (non-hydrogen) atoms. The Morgan fingerprint density at radius 3 is 2.55 bits per heavy atom. The van der Waals surface area contributed by atoms with E-state index in [0.29, 0.717) is 31.6 Å². The number of hydrogen-bond donors (Lipinski definition) is 3. The fraction of sp³-hybridized carbons (Fsp3) is 0.0500. The van der Waals surface area contributed by atoms with Crippen molar-refractivity contribution in [3.05, 3.63) is 92.5 Å². The molecule has 0 spiro atoms. The number of benzene rings is 3. The first kappa shape index (κ1) is 19.3. The highest BCUT2D eigenvalue weighted by atomic mass is 35.5. The zero-order valence-electron chi connectivity index (χ0n) is 14.8. The lowest BCUT2D eigenvalue weighted by molar-refractivity contribution is -0.387. The number of aliphatic hydroxyl groups is 1. The predicted molar refractivity (Wildman–Crippen MR) is 110 cm³/mol. The maximum atomic E-state index is 12.2.